The molecule has 1 aromatic carbocycles. The molecule has 5 heteroatoms. The second-order valence-corrected chi connectivity index (χ2v) is 5.29. The Morgan fingerprint density at radius 1 is 1.29 bits per heavy atom. The quantitative estimate of drug-likeness (QED) is 0.902. The molecule has 0 amide bonds. The van der Waals surface area contributed by atoms with Gasteiger partial charge in [-0.15, -0.1) is 0 Å². The fourth-order valence-electron chi connectivity index (χ4n) is 2.09. The van der Waals surface area contributed by atoms with E-state index in [1.54, 1.807) is 18.2 Å². The van der Waals surface area contributed by atoms with Gasteiger partial charge in [0.05, 0.1) is 0 Å². The summed E-state index contributed by atoms with van der Waals surface area (Å²) in [7, 11) is 0. The van der Waals surface area contributed by atoms with E-state index < -0.39 is 5.82 Å². The van der Waals surface area contributed by atoms with Crippen molar-refractivity contribution in [3.63, 3.8) is 0 Å². The van der Waals surface area contributed by atoms with Crippen LogP contribution in [0.2, 0.25) is 0 Å². The van der Waals surface area contributed by atoms with Crippen molar-refractivity contribution in [2.24, 2.45) is 0 Å². The van der Waals surface area contributed by atoms with E-state index in [0.29, 0.717) is 11.8 Å². The lowest BCUT2D eigenvalue weighted by molar-refractivity contribution is 0.424. The first-order chi connectivity index (χ1) is 10.2. The van der Waals surface area contributed by atoms with Gasteiger partial charge in [-0.3, -0.25) is 0 Å². The van der Waals surface area contributed by atoms with E-state index >= 15 is 0 Å². The third-order valence-electron chi connectivity index (χ3n) is 3.32. The molecule has 2 aromatic rings. The summed E-state index contributed by atoms with van der Waals surface area (Å²) >= 11 is 0. The molecule has 0 bridgehead atoms. The van der Waals surface area contributed by atoms with Gasteiger partial charge in [-0.25, -0.2) is 9.37 Å². The number of anilines is 1. The summed E-state index contributed by atoms with van der Waals surface area (Å²) < 4.78 is 19.4. The van der Waals surface area contributed by atoms with Crippen LogP contribution in [-0.4, -0.2) is 16.5 Å². The fraction of sp³-hybridized carbons (Fsp3) is 0.375. The van der Waals surface area contributed by atoms with Gasteiger partial charge in [-0.1, -0.05) is 6.07 Å². The van der Waals surface area contributed by atoms with Crippen molar-refractivity contribution in [2.45, 2.75) is 32.6 Å². The summed E-state index contributed by atoms with van der Waals surface area (Å²) in [4.78, 5) is 8.87. The molecular formula is C16H18FN3O. The molecule has 110 valence electrons. The zero-order valence-corrected chi connectivity index (χ0v) is 12.2. The Bertz CT molecular complexity index is 656. The first kappa shape index (κ1) is 13.8. The smallest absolute Gasteiger partial charge is 0.224 e. The summed E-state index contributed by atoms with van der Waals surface area (Å²) in [6, 6.07) is 6.49. The van der Waals surface area contributed by atoms with Crippen LogP contribution < -0.4 is 10.1 Å². The highest BCUT2D eigenvalue weighted by atomic mass is 19.1. The number of hydrogen-bond acceptors (Lipinski definition) is 4. The molecule has 3 rings (SSSR count). The Labute approximate surface area is 123 Å². The number of hydrogen-bond donors (Lipinski definition) is 1. The van der Waals surface area contributed by atoms with Gasteiger partial charge in [0.15, 0.2) is 11.6 Å². The molecule has 0 saturated heterocycles. The van der Waals surface area contributed by atoms with Gasteiger partial charge in [-0.05, 0) is 44.4 Å². The molecule has 4 nitrogen and oxygen atoms in total. The van der Waals surface area contributed by atoms with Crippen LogP contribution in [0.25, 0.3) is 0 Å². The average molecular weight is 287 g/mol. The largest absolute Gasteiger partial charge is 0.436 e. The predicted octanol–water partition coefficient (Wildman–Crippen LogP) is 4.03. The zero-order valence-electron chi connectivity index (χ0n) is 12.2. The second-order valence-electron chi connectivity index (χ2n) is 5.29. The van der Waals surface area contributed by atoms with Crippen LogP contribution in [0.5, 0.6) is 11.6 Å². The molecule has 21 heavy (non-hydrogen) atoms. The first-order valence-electron chi connectivity index (χ1n) is 7.22. The molecule has 1 aliphatic carbocycles. The minimum absolute atomic E-state index is 0.192. The highest BCUT2D eigenvalue weighted by Gasteiger charge is 2.27. The van der Waals surface area contributed by atoms with Crippen molar-refractivity contribution in [1.82, 2.24) is 9.97 Å². The average Bonchev–Trinajstić information content (AvgIpc) is 3.28. The Balaban J connectivity index is 1.91. The van der Waals surface area contributed by atoms with Gasteiger partial charge in [0.25, 0.3) is 0 Å². The summed E-state index contributed by atoms with van der Waals surface area (Å²) in [5, 5.41) is 3.16. The van der Waals surface area contributed by atoms with Crippen molar-refractivity contribution >= 4 is 5.82 Å². The summed E-state index contributed by atoms with van der Waals surface area (Å²) in [6.07, 6.45) is 2.21. The van der Waals surface area contributed by atoms with Crippen LogP contribution in [0.15, 0.2) is 24.3 Å². The standard InChI is InChI=1S/C16H18FN3O/c1-3-18-14-9-15(20-16(19-14)11-5-6-11)21-13-8-10(2)4-7-12(13)17/h4,7-9,11H,3,5-6H2,1-2H3,(H,18,19,20). The lowest BCUT2D eigenvalue weighted by Gasteiger charge is -2.10. The number of nitrogens with zero attached hydrogens (tertiary/aromatic N) is 2. The monoisotopic (exact) mass is 287 g/mol. The van der Waals surface area contributed by atoms with Gasteiger partial charge in [0.2, 0.25) is 5.88 Å². The Morgan fingerprint density at radius 3 is 2.81 bits per heavy atom. The Hall–Kier alpha value is -2.17. The maximum atomic E-state index is 13.8. The highest BCUT2D eigenvalue weighted by molar-refractivity contribution is 5.41. The molecule has 0 spiro atoms. The van der Waals surface area contributed by atoms with Gasteiger partial charge in [-0.2, -0.15) is 4.98 Å². The topological polar surface area (TPSA) is 47.0 Å². The molecule has 1 saturated carbocycles. The highest BCUT2D eigenvalue weighted by Crippen LogP contribution is 2.39. The number of halogens is 1. The van der Waals surface area contributed by atoms with E-state index in [9.17, 15) is 4.39 Å². The summed E-state index contributed by atoms with van der Waals surface area (Å²) in [6.45, 7) is 4.66. The molecule has 1 aliphatic rings. The minimum atomic E-state index is -0.391. The number of benzene rings is 1. The first-order valence-corrected chi connectivity index (χ1v) is 7.22. The van der Waals surface area contributed by atoms with Gasteiger partial charge in [0.1, 0.15) is 11.6 Å². The third-order valence-corrected chi connectivity index (χ3v) is 3.32. The molecule has 0 radical (unpaired) electrons. The molecule has 0 atom stereocenters. The van der Waals surface area contributed by atoms with Crippen LogP contribution in [0.4, 0.5) is 10.2 Å². The Kier molecular flexibility index (Phi) is 3.73. The van der Waals surface area contributed by atoms with E-state index in [4.69, 9.17) is 4.74 Å². The lowest BCUT2D eigenvalue weighted by Crippen LogP contribution is -2.04. The number of ether oxygens (including phenoxy) is 1. The van der Waals surface area contributed by atoms with E-state index in [0.717, 1.165) is 36.6 Å². The molecule has 1 N–H and O–H groups in total. The van der Waals surface area contributed by atoms with Gasteiger partial charge in [0, 0.05) is 18.5 Å². The van der Waals surface area contributed by atoms with E-state index in [2.05, 4.69) is 15.3 Å². The van der Waals surface area contributed by atoms with Crippen molar-refractivity contribution in [3.8, 4) is 11.6 Å². The maximum Gasteiger partial charge on any atom is 0.224 e. The second kappa shape index (κ2) is 5.68. The molecule has 1 heterocycles. The van der Waals surface area contributed by atoms with Crippen molar-refractivity contribution in [2.75, 3.05) is 11.9 Å². The van der Waals surface area contributed by atoms with Crippen molar-refractivity contribution in [3.05, 3.63) is 41.5 Å². The minimum Gasteiger partial charge on any atom is -0.436 e. The van der Waals surface area contributed by atoms with Crippen LogP contribution in [0.1, 0.15) is 37.1 Å². The number of nitrogens with one attached hydrogen (secondary N) is 1. The van der Waals surface area contributed by atoms with E-state index in [1.165, 1.54) is 6.07 Å². The SMILES string of the molecule is CCNc1cc(Oc2cc(C)ccc2F)nc(C2CC2)n1. The fourth-order valence-corrected chi connectivity index (χ4v) is 2.09. The molecule has 1 fully saturated rings. The number of aryl methyl sites for hydroxylation is 1. The Morgan fingerprint density at radius 2 is 2.10 bits per heavy atom. The molecule has 0 unspecified atom stereocenters. The van der Waals surface area contributed by atoms with E-state index in [1.807, 2.05) is 13.8 Å². The number of rotatable bonds is 5. The predicted molar refractivity (Wildman–Crippen MR) is 79.4 cm³/mol. The van der Waals surface area contributed by atoms with Gasteiger partial charge < -0.3 is 10.1 Å². The molecule has 1 aromatic heterocycles. The van der Waals surface area contributed by atoms with Crippen LogP contribution in [0, 0.1) is 12.7 Å². The van der Waals surface area contributed by atoms with Crippen molar-refractivity contribution < 1.29 is 9.13 Å². The van der Waals surface area contributed by atoms with Crippen LogP contribution in [-0.2, 0) is 0 Å². The van der Waals surface area contributed by atoms with Gasteiger partial charge >= 0.3 is 0 Å². The van der Waals surface area contributed by atoms with Crippen molar-refractivity contribution in [1.29, 1.82) is 0 Å². The van der Waals surface area contributed by atoms with E-state index in [-0.39, 0.29) is 5.75 Å². The lowest BCUT2D eigenvalue weighted by atomic mass is 10.2. The maximum absolute atomic E-state index is 13.8. The number of aromatic nitrogens is 2. The van der Waals surface area contributed by atoms with Crippen LogP contribution in [0.3, 0.4) is 0 Å². The third kappa shape index (κ3) is 3.29. The molecular weight excluding hydrogens is 269 g/mol. The summed E-state index contributed by atoms with van der Waals surface area (Å²) in [5.74, 6) is 2.09. The zero-order chi connectivity index (χ0) is 14.8. The normalized spacial score (nSPS) is 14.0. The molecule has 0 aliphatic heterocycles. The summed E-state index contributed by atoms with van der Waals surface area (Å²) in [5.41, 5.74) is 0.940. The van der Waals surface area contributed by atoms with Crippen LogP contribution >= 0.6 is 0 Å².